The van der Waals surface area contributed by atoms with Crippen LogP contribution in [0.3, 0.4) is 0 Å². The maximum Gasteiger partial charge on any atom is 0.261 e. The van der Waals surface area contributed by atoms with E-state index in [1.54, 1.807) is 0 Å². The highest BCUT2D eigenvalue weighted by molar-refractivity contribution is 7.85. The van der Waals surface area contributed by atoms with Crippen LogP contribution >= 0.6 is 11.6 Å². The van der Waals surface area contributed by atoms with Crippen molar-refractivity contribution in [1.29, 1.82) is 0 Å². The maximum absolute atomic E-state index is 9.19. The Bertz CT molecular complexity index is 364. The van der Waals surface area contributed by atoms with Crippen LogP contribution in [0, 0.1) is 0 Å². The number of aliphatic hydroxyl groups excluding tert-OH is 1. The third kappa shape index (κ3) is 11.3. The predicted molar refractivity (Wildman–Crippen MR) is 59.7 cm³/mol. The number of rotatable bonds is 2. The van der Waals surface area contributed by atoms with E-state index in [9.17, 15) is 8.42 Å². The van der Waals surface area contributed by atoms with Crippen LogP contribution in [0.2, 0.25) is 5.02 Å². The molecule has 6 heteroatoms. The summed E-state index contributed by atoms with van der Waals surface area (Å²) < 4.78 is 25.9. The van der Waals surface area contributed by atoms with Crippen molar-refractivity contribution in [2.45, 2.75) is 6.42 Å². The first kappa shape index (κ1) is 14.4. The molecule has 1 rings (SSSR count). The van der Waals surface area contributed by atoms with Gasteiger partial charge in [-0.25, -0.2) is 0 Å². The van der Waals surface area contributed by atoms with E-state index < -0.39 is 10.1 Å². The SMILES string of the molecule is CS(=O)(=O)O.OCCc1ccc(Cl)cc1. The van der Waals surface area contributed by atoms with Crippen LogP contribution in [0.5, 0.6) is 0 Å². The first-order valence-corrected chi connectivity index (χ1v) is 6.33. The Morgan fingerprint density at radius 3 is 2.00 bits per heavy atom. The van der Waals surface area contributed by atoms with Gasteiger partial charge in [-0.2, -0.15) is 8.42 Å². The van der Waals surface area contributed by atoms with Gasteiger partial charge >= 0.3 is 0 Å². The summed E-state index contributed by atoms with van der Waals surface area (Å²) in [5.41, 5.74) is 1.12. The van der Waals surface area contributed by atoms with E-state index in [0.717, 1.165) is 10.6 Å². The van der Waals surface area contributed by atoms with Gasteiger partial charge in [0.25, 0.3) is 10.1 Å². The molecule has 0 heterocycles. The van der Waals surface area contributed by atoms with Gasteiger partial charge in [0, 0.05) is 11.6 Å². The summed E-state index contributed by atoms with van der Waals surface area (Å²) in [5, 5.41) is 9.29. The molecular weight excluding hydrogens is 240 g/mol. The van der Waals surface area contributed by atoms with E-state index in [1.165, 1.54) is 0 Å². The molecule has 15 heavy (non-hydrogen) atoms. The molecule has 0 aliphatic rings. The van der Waals surface area contributed by atoms with E-state index in [4.69, 9.17) is 21.3 Å². The average Bonchev–Trinajstić information content (AvgIpc) is 2.06. The minimum atomic E-state index is -3.67. The van der Waals surface area contributed by atoms with E-state index in [1.807, 2.05) is 24.3 Å². The van der Waals surface area contributed by atoms with E-state index in [0.29, 0.717) is 12.7 Å². The average molecular weight is 253 g/mol. The number of benzene rings is 1. The van der Waals surface area contributed by atoms with Gasteiger partial charge in [0.05, 0.1) is 6.26 Å². The lowest BCUT2D eigenvalue weighted by Crippen LogP contribution is -1.88. The largest absolute Gasteiger partial charge is 0.396 e. The Balaban J connectivity index is 0.000000336. The molecule has 0 aliphatic heterocycles. The predicted octanol–water partition coefficient (Wildman–Crippen LogP) is 1.38. The lowest BCUT2D eigenvalue weighted by Gasteiger charge is -1.95. The van der Waals surface area contributed by atoms with Crippen LogP contribution in [0.1, 0.15) is 5.56 Å². The normalized spacial score (nSPS) is 10.4. The Morgan fingerprint density at radius 2 is 1.67 bits per heavy atom. The lowest BCUT2D eigenvalue weighted by atomic mass is 10.2. The van der Waals surface area contributed by atoms with Crippen molar-refractivity contribution in [1.82, 2.24) is 0 Å². The fourth-order valence-corrected chi connectivity index (χ4v) is 0.906. The van der Waals surface area contributed by atoms with Crippen LogP contribution in [0.15, 0.2) is 24.3 Å². The molecule has 0 spiro atoms. The van der Waals surface area contributed by atoms with Crippen molar-refractivity contribution in [3.63, 3.8) is 0 Å². The molecule has 0 radical (unpaired) electrons. The Kier molecular flexibility index (Phi) is 6.51. The van der Waals surface area contributed by atoms with Crippen LogP contribution in [0.4, 0.5) is 0 Å². The smallest absolute Gasteiger partial charge is 0.261 e. The first-order valence-electron chi connectivity index (χ1n) is 4.10. The summed E-state index contributed by atoms with van der Waals surface area (Å²) in [4.78, 5) is 0. The molecule has 0 bridgehead atoms. The summed E-state index contributed by atoms with van der Waals surface area (Å²) in [6, 6.07) is 7.48. The van der Waals surface area contributed by atoms with Crippen LogP contribution in [-0.4, -0.2) is 30.9 Å². The van der Waals surface area contributed by atoms with Crippen molar-refractivity contribution >= 4 is 21.7 Å². The van der Waals surface area contributed by atoms with Crippen molar-refractivity contribution < 1.29 is 18.1 Å². The Hall–Kier alpha value is -0.620. The third-order valence-corrected chi connectivity index (χ3v) is 1.57. The molecule has 1 aromatic carbocycles. The molecule has 0 aliphatic carbocycles. The van der Waals surface area contributed by atoms with Gasteiger partial charge in [-0.05, 0) is 24.1 Å². The molecule has 1 aromatic rings. The second kappa shape index (κ2) is 6.79. The molecule has 0 unspecified atom stereocenters. The van der Waals surface area contributed by atoms with Crippen molar-refractivity contribution in [2.75, 3.05) is 12.9 Å². The standard InChI is InChI=1S/C8H9ClO.CH4O3S/c9-8-3-1-7(2-4-8)5-6-10;1-5(2,3)4/h1-4,10H,5-6H2;1H3,(H,2,3,4). The van der Waals surface area contributed by atoms with Crippen LogP contribution in [-0.2, 0) is 16.5 Å². The lowest BCUT2D eigenvalue weighted by molar-refractivity contribution is 0.299. The molecule has 4 nitrogen and oxygen atoms in total. The zero-order valence-electron chi connectivity index (χ0n) is 8.22. The summed E-state index contributed by atoms with van der Waals surface area (Å²) in [5.74, 6) is 0. The Morgan fingerprint density at radius 1 is 1.27 bits per heavy atom. The minimum Gasteiger partial charge on any atom is -0.396 e. The molecule has 0 saturated heterocycles. The quantitative estimate of drug-likeness (QED) is 0.780. The molecular formula is C9H13ClO4S. The summed E-state index contributed by atoms with van der Waals surface area (Å²) in [7, 11) is -3.67. The molecule has 86 valence electrons. The van der Waals surface area contributed by atoms with E-state index in [2.05, 4.69) is 0 Å². The highest BCUT2D eigenvalue weighted by atomic mass is 35.5. The maximum atomic E-state index is 9.19. The topological polar surface area (TPSA) is 74.6 Å². The molecule has 0 fully saturated rings. The number of halogens is 1. The second-order valence-electron chi connectivity index (χ2n) is 2.83. The van der Waals surface area contributed by atoms with Gasteiger partial charge in [-0.1, -0.05) is 23.7 Å². The molecule has 0 saturated carbocycles. The van der Waals surface area contributed by atoms with Crippen LogP contribution < -0.4 is 0 Å². The van der Waals surface area contributed by atoms with Gasteiger partial charge in [0.1, 0.15) is 0 Å². The van der Waals surface area contributed by atoms with E-state index >= 15 is 0 Å². The fourth-order valence-electron chi connectivity index (χ4n) is 0.780. The highest BCUT2D eigenvalue weighted by Crippen LogP contribution is 2.09. The second-order valence-corrected chi connectivity index (χ2v) is 4.74. The first-order chi connectivity index (χ1) is 6.83. The summed E-state index contributed by atoms with van der Waals surface area (Å²) in [6.45, 7) is 0.196. The monoisotopic (exact) mass is 252 g/mol. The minimum absolute atomic E-state index is 0.196. The van der Waals surface area contributed by atoms with Gasteiger partial charge < -0.3 is 5.11 Å². The Labute approximate surface area is 94.3 Å². The fraction of sp³-hybridized carbons (Fsp3) is 0.333. The molecule has 0 amide bonds. The summed E-state index contributed by atoms with van der Waals surface area (Å²) in [6.07, 6.45) is 1.42. The van der Waals surface area contributed by atoms with Gasteiger partial charge in [0.2, 0.25) is 0 Å². The zero-order chi connectivity index (χ0) is 11.9. The van der Waals surface area contributed by atoms with Gasteiger partial charge in [-0.3, -0.25) is 4.55 Å². The van der Waals surface area contributed by atoms with Crippen LogP contribution in [0.25, 0.3) is 0 Å². The molecule has 0 atom stereocenters. The molecule has 2 N–H and O–H groups in total. The van der Waals surface area contributed by atoms with Gasteiger partial charge in [-0.15, -0.1) is 0 Å². The zero-order valence-corrected chi connectivity index (χ0v) is 9.79. The summed E-state index contributed by atoms with van der Waals surface area (Å²) >= 11 is 5.65. The van der Waals surface area contributed by atoms with Crippen molar-refractivity contribution in [2.24, 2.45) is 0 Å². The highest BCUT2D eigenvalue weighted by Gasteiger charge is 1.89. The van der Waals surface area contributed by atoms with E-state index in [-0.39, 0.29) is 6.61 Å². The number of hydrogen-bond donors (Lipinski definition) is 2. The van der Waals surface area contributed by atoms with Crippen molar-refractivity contribution in [3.05, 3.63) is 34.9 Å². The third-order valence-electron chi connectivity index (χ3n) is 1.31. The van der Waals surface area contributed by atoms with Gasteiger partial charge in [0.15, 0.2) is 0 Å². The number of aliphatic hydroxyl groups is 1. The van der Waals surface area contributed by atoms with Crippen molar-refractivity contribution in [3.8, 4) is 0 Å². The molecule has 0 aromatic heterocycles. The number of hydrogen-bond acceptors (Lipinski definition) is 3.